The topological polar surface area (TPSA) is 54.9 Å². The number of benzene rings is 1. The molecular weight excluding hydrogens is 288 g/mol. The van der Waals surface area contributed by atoms with Gasteiger partial charge in [-0.3, -0.25) is 4.68 Å². The van der Waals surface area contributed by atoms with Crippen molar-refractivity contribution < 1.29 is 4.74 Å². The first-order valence-corrected chi connectivity index (χ1v) is 7.16. The second-order valence-electron chi connectivity index (χ2n) is 4.80. The van der Waals surface area contributed by atoms with E-state index in [4.69, 9.17) is 16.3 Å². The van der Waals surface area contributed by atoms with Gasteiger partial charge < -0.3 is 15.0 Å². The number of H-pyrrole nitrogens is 1. The summed E-state index contributed by atoms with van der Waals surface area (Å²) in [6.45, 7) is 2.02. The van der Waals surface area contributed by atoms with E-state index < -0.39 is 0 Å². The SMILES string of the molecule is COCCn1cc(NCc2[nH]c3ccccc3c2Cl)cn1. The summed E-state index contributed by atoms with van der Waals surface area (Å²) in [4.78, 5) is 3.33. The highest BCUT2D eigenvalue weighted by molar-refractivity contribution is 6.36. The molecule has 2 heterocycles. The first-order valence-electron chi connectivity index (χ1n) is 6.78. The number of nitrogens with one attached hydrogen (secondary N) is 2. The van der Waals surface area contributed by atoms with Gasteiger partial charge in [-0.1, -0.05) is 29.8 Å². The number of halogens is 1. The Morgan fingerprint density at radius 1 is 1.38 bits per heavy atom. The average molecular weight is 305 g/mol. The predicted octanol–water partition coefficient (Wildman–Crippen LogP) is 3.28. The molecule has 0 saturated heterocycles. The Bertz CT molecular complexity index is 734. The molecule has 0 unspecified atom stereocenters. The maximum absolute atomic E-state index is 6.39. The fraction of sp³-hybridized carbons (Fsp3) is 0.267. The molecule has 5 nitrogen and oxygen atoms in total. The largest absolute Gasteiger partial charge is 0.383 e. The minimum absolute atomic E-state index is 0.628. The van der Waals surface area contributed by atoms with E-state index in [-0.39, 0.29) is 0 Å². The Morgan fingerprint density at radius 2 is 2.24 bits per heavy atom. The number of ether oxygens (including phenoxy) is 1. The number of aromatic nitrogens is 3. The van der Waals surface area contributed by atoms with Crippen molar-refractivity contribution in [2.75, 3.05) is 19.0 Å². The van der Waals surface area contributed by atoms with E-state index >= 15 is 0 Å². The van der Waals surface area contributed by atoms with Crippen molar-refractivity contribution in [3.8, 4) is 0 Å². The summed E-state index contributed by atoms with van der Waals surface area (Å²) >= 11 is 6.39. The summed E-state index contributed by atoms with van der Waals surface area (Å²) < 4.78 is 6.88. The fourth-order valence-corrected chi connectivity index (χ4v) is 2.52. The number of hydrogen-bond donors (Lipinski definition) is 2. The van der Waals surface area contributed by atoms with Gasteiger partial charge in [0, 0.05) is 24.2 Å². The molecule has 0 spiro atoms. The molecule has 0 aliphatic carbocycles. The highest BCUT2D eigenvalue weighted by atomic mass is 35.5. The average Bonchev–Trinajstić information content (AvgIpc) is 3.08. The minimum Gasteiger partial charge on any atom is -0.383 e. The van der Waals surface area contributed by atoms with Crippen LogP contribution in [0.15, 0.2) is 36.7 Å². The molecule has 0 bridgehead atoms. The molecule has 1 aromatic carbocycles. The molecule has 21 heavy (non-hydrogen) atoms. The van der Waals surface area contributed by atoms with Crippen LogP contribution in [0.5, 0.6) is 0 Å². The summed E-state index contributed by atoms with van der Waals surface area (Å²) in [5.41, 5.74) is 2.98. The summed E-state index contributed by atoms with van der Waals surface area (Å²) in [5, 5.41) is 9.40. The highest BCUT2D eigenvalue weighted by Crippen LogP contribution is 2.27. The Kier molecular flexibility index (Phi) is 4.13. The van der Waals surface area contributed by atoms with Crippen molar-refractivity contribution >= 4 is 28.2 Å². The summed E-state index contributed by atoms with van der Waals surface area (Å²) in [6, 6.07) is 8.01. The molecule has 2 N–H and O–H groups in total. The van der Waals surface area contributed by atoms with Crippen LogP contribution in [-0.4, -0.2) is 28.5 Å². The van der Waals surface area contributed by atoms with E-state index in [0.29, 0.717) is 13.2 Å². The van der Waals surface area contributed by atoms with Crippen molar-refractivity contribution in [3.63, 3.8) is 0 Å². The van der Waals surface area contributed by atoms with Crippen LogP contribution in [0.4, 0.5) is 5.69 Å². The monoisotopic (exact) mass is 304 g/mol. The number of fused-ring (bicyclic) bond motifs is 1. The molecule has 6 heteroatoms. The third kappa shape index (κ3) is 3.04. The maximum Gasteiger partial charge on any atom is 0.0729 e. The van der Waals surface area contributed by atoms with Crippen LogP contribution in [0, 0.1) is 0 Å². The van der Waals surface area contributed by atoms with E-state index in [1.807, 2.05) is 35.1 Å². The van der Waals surface area contributed by atoms with Crippen molar-refractivity contribution in [2.45, 2.75) is 13.1 Å². The van der Waals surface area contributed by atoms with Crippen molar-refractivity contribution in [3.05, 3.63) is 47.4 Å². The molecule has 0 saturated carbocycles. The molecule has 0 aliphatic heterocycles. The first kappa shape index (κ1) is 14.0. The zero-order valence-electron chi connectivity index (χ0n) is 11.8. The van der Waals surface area contributed by atoms with Crippen LogP contribution in [0.25, 0.3) is 10.9 Å². The molecule has 0 atom stereocenters. The molecular formula is C15H17ClN4O. The van der Waals surface area contributed by atoms with Gasteiger partial charge in [0.25, 0.3) is 0 Å². The van der Waals surface area contributed by atoms with Crippen molar-refractivity contribution in [1.82, 2.24) is 14.8 Å². The summed E-state index contributed by atoms with van der Waals surface area (Å²) in [5.74, 6) is 0. The number of hydrogen-bond acceptors (Lipinski definition) is 3. The van der Waals surface area contributed by atoms with Gasteiger partial charge in [0.15, 0.2) is 0 Å². The lowest BCUT2D eigenvalue weighted by Gasteiger charge is -2.02. The second kappa shape index (κ2) is 6.20. The van der Waals surface area contributed by atoms with E-state index in [9.17, 15) is 0 Å². The Hall–Kier alpha value is -1.98. The van der Waals surface area contributed by atoms with Gasteiger partial charge in [0.05, 0.1) is 42.3 Å². The van der Waals surface area contributed by atoms with Crippen molar-refractivity contribution in [2.24, 2.45) is 0 Å². The Morgan fingerprint density at radius 3 is 3.05 bits per heavy atom. The molecule has 0 aliphatic rings. The fourth-order valence-electron chi connectivity index (χ4n) is 2.24. The van der Waals surface area contributed by atoms with Gasteiger partial charge in [-0.2, -0.15) is 5.10 Å². The lowest BCUT2D eigenvalue weighted by molar-refractivity contribution is 0.183. The zero-order valence-corrected chi connectivity index (χ0v) is 12.5. The van der Waals surface area contributed by atoms with E-state index in [1.165, 1.54) is 0 Å². The number of methoxy groups -OCH3 is 1. The standard InChI is InChI=1S/C15H17ClN4O/c1-21-7-6-20-10-11(8-18-20)17-9-14-15(16)12-4-2-3-5-13(12)19-14/h2-5,8,10,17,19H,6-7,9H2,1H3. The molecule has 110 valence electrons. The maximum atomic E-state index is 6.39. The van der Waals surface area contributed by atoms with E-state index in [0.717, 1.165) is 33.9 Å². The normalized spacial score (nSPS) is 11.1. The zero-order chi connectivity index (χ0) is 14.7. The van der Waals surface area contributed by atoms with Crippen LogP contribution in [0.3, 0.4) is 0 Å². The number of nitrogens with zero attached hydrogens (tertiary/aromatic N) is 2. The summed E-state index contributed by atoms with van der Waals surface area (Å²) in [6.07, 6.45) is 3.75. The van der Waals surface area contributed by atoms with Gasteiger partial charge in [-0.05, 0) is 6.07 Å². The van der Waals surface area contributed by atoms with Crippen molar-refractivity contribution in [1.29, 1.82) is 0 Å². The van der Waals surface area contributed by atoms with Gasteiger partial charge in [0.2, 0.25) is 0 Å². The lowest BCUT2D eigenvalue weighted by Crippen LogP contribution is -2.04. The number of aromatic amines is 1. The smallest absolute Gasteiger partial charge is 0.0729 e. The predicted molar refractivity (Wildman–Crippen MR) is 84.7 cm³/mol. The molecule has 0 radical (unpaired) electrons. The number of rotatable bonds is 6. The van der Waals surface area contributed by atoms with E-state index in [1.54, 1.807) is 13.3 Å². The quantitative estimate of drug-likeness (QED) is 0.735. The van der Waals surface area contributed by atoms with Gasteiger partial charge in [-0.25, -0.2) is 0 Å². The summed E-state index contributed by atoms with van der Waals surface area (Å²) in [7, 11) is 1.68. The lowest BCUT2D eigenvalue weighted by atomic mass is 10.2. The third-order valence-electron chi connectivity index (χ3n) is 3.34. The van der Waals surface area contributed by atoms with Gasteiger partial charge in [0.1, 0.15) is 0 Å². The molecule has 0 fully saturated rings. The molecule has 3 aromatic rings. The number of para-hydroxylation sites is 1. The number of anilines is 1. The van der Waals surface area contributed by atoms with Gasteiger partial charge >= 0.3 is 0 Å². The molecule has 2 aromatic heterocycles. The Labute approximate surface area is 127 Å². The van der Waals surface area contributed by atoms with Crippen LogP contribution in [0.2, 0.25) is 5.02 Å². The second-order valence-corrected chi connectivity index (χ2v) is 5.18. The molecule has 0 amide bonds. The van der Waals surface area contributed by atoms with Crippen LogP contribution < -0.4 is 5.32 Å². The highest BCUT2D eigenvalue weighted by Gasteiger charge is 2.08. The molecule has 3 rings (SSSR count). The van der Waals surface area contributed by atoms with Crippen LogP contribution in [-0.2, 0) is 17.8 Å². The van der Waals surface area contributed by atoms with Crippen LogP contribution >= 0.6 is 11.6 Å². The minimum atomic E-state index is 0.628. The first-order chi connectivity index (χ1) is 10.3. The van der Waals surface area contributed by atoms with Gasteiger partial charge in [-0.15, -0.1) is 0 Å². The third-order valence-corrected chi connectivity index (χ3v) is 3.77. The Balaban J connectivity index is 1.68. The van der Waals surface area contributed by atoms with Crippen LogP contribution in [0.1, 0.15) is 5.69 Å². The van der Waals surface area contributed by atoms with E-state index in [2.05, 4.69) is 15.4 Å².